The van der Waals surface area contributed by atoms with Crippen molar-refractivity contribution in [2.24, 2.45) is 11.7 Å². The van der Waals surface area contributed by atoms with Gasteiger partial charge in [-0.25, -0.2) is 4.79 Å². The standard InChI is InChI=1S/C15H30N4O2/c1-4-6-7-17-15(21)19-10-8-18(9-11-19)14(20)13(16)12(3)5-2/h12-13H,4-11,16H2,1-3H3,(H,17,21)/t12-,13-/m1/s1. The maximum Gasteiger partial charge on any atom is 0.317 e. The topological polar surface area (TPSA) is 78.7 Å². The molecule has 0 aromatic rings. The first kappa shape index (κ1) is 17.8. The highest BCUT2D eigenvalue weighted by molar-refractivity contribution is 5.82. The zero-order valence-corrected chi connectivity index (χ0v) is 13.6. The molecule has 1 fully saturated rings. The van der Waals surface area contributed by atoms with E-state index in [0.717, 1.165) is 19.3 Å². The van der Waals surface area contributed by atoms with Gasteiger partial charge in [0.1, 0.15) is 0 Å². The number of amides is 3. The number of carbonyl (C=O) groups excluding carboxylic acids is 2. The number of nitrogens with two attached hydrogens (primary N) is 1. The molecule has 6 nitrogen and oxygen atoms in total. The quantitative estimate of drug-likeness (QED) is 0.718. The lowest BCUT2D eigenvalue weighted by Crippen LogP contribution is -2.56. The van der Waals surface area contributed by atoms with Crippen LogP contribution in [0.2, 0.25) is 0 Å². The van der Waals surface area contributed by atoms with Crippen LogP contribution in [0.5, 0.6) is 0 Å². The van der Waals surface area contributed by atoms with Gasteiger partial charge in [-0.1, -0.05) is 33.6 Å². The molecule has 0 aromatic carbocycles. The van der Waals surface area contributed by atoms with Gasteiger partial charge >= 0.3 is 6.03 Å². The third-order valence-corrected chi connectivity index (χ3v) is 4.23. The van der Waals surface area contributed by atoms with E-state index in [2.05, 4.69) is 12.2 Å². The molecule has 2 atom stereocenters. The molecule has 1 rings (SSSR count). The van der Waals surface area contributed by atoms with E-state index >= 15 is 0 Å². The van der Waals surface area contributed by atoms with Gasteiger partial charge in [-0.2, -0.15) is 0 Å². The van der Waals surface area contributed by atoms with Crippen LogP contribution in [0.4, 0.5) is 4.79 Å². The van der Waals surface area contributed by atoms with Crippen LogP contribution in [0.15, 0.2) is 0 Å². The molecule has 1 aliphatic heterocycles. The summed E-state index contributed by atoms with van der Waals surface area (Å²) in [6, 6.07) is -0.457. The minimum atomic E-state index is -0.431. The second-order valence-electron chi connectivity index (χ2n) is 5.81. The first-order valence-corrected chi connectivity index (χ1v) is 8.08. The summed E-state index contributed by atoms with van der Waals surface area (Å²) in [6.07, 6.45) is 2.96. The Morgan fingerprint density at radius 2 is 1.71 bits per heavy atom. The highest BCUT2D eigenvalue weighted by atomic mass is 16.2. The lowest BCUT2D eigenvalue weighted by Gasteiger charge is -2.36. The average molecular weight is 298 g/mol. The molecule has 6 heteroatoms. The van der Waals surface area contributed by atoms with Crippen molar-refractivity contribution in [2.45, 2.75) is 46.1 Å². The Kier molecular flexibility index (Phi) is 7.50. The van der Waals surface area contributed by atoms with Gasteiger partial charge in [0.25, 0.3) is 0 Å². The highest BCUT2D eigenvalue weighted by Gasteiger charge is 2.28. The Labute approximate surface area is 128 Å². The Morgan fingerprint density at radius 1 is 1.14 bits per heavy atom. The first-order chi connectivity index (χ1) is 10.0. The van der Waals surface area contributed by atoms with E-state index in [1.165, 1.54) is 0 Å². The normalized spacial score (nSPS) is 18.3. The van der Waals surface area contributed by atoms with Crippen molar-refractivity contribution < 1.29 is 9.59 Å². The molecule has 0 radical (unpaired) electrons. The molecule has 3 N–H and O–H groups in total. The fourth-order valence-electron chi connectivity index (χ4n) is 2.32. The number of hydrogen-bond donors (Lipinski definition) is 2. The van der Waals surface area contributed by atoms with Crippen molar-refractivity contribution >= 4 is 11.9 Å². The molecular formula is C15H30N4O2. The second-order valence-corrected chi connectivity index (χ2v) is 5.81. The number of nitrogens with zero attached hydrogens (tertiary/aromatic N) is 2. The van der Waals surface area contributed by atoms with E-state index in [9.17, 15) is 9.59 Å². The average Bonchev–Trinajstić information content (AvgIpc) is 2.52. The number of unbranched alkanes of at least 4 members (excludes halogenated alkanes) is 1. The van der Waals surface area contributed by atoms with Crippen LogP contribution < -0.4 is 11.1 Å². The Bertz CT molecular complexity index is 341. The van der Waals surface area contributed by atoms with Crippen molar-refractivity contribution in [1.82, 2.24) is 15.1 Å². The maximum absolute atomic E-state index is 12.3. The molecule has 0 aromatic heterocycles. The van der Waals surface area contributed by atoms with Gasteiger partial charge < -0.3 is 20.9 Å². The van der Waals surface area contributed by atoms with Crippen LogP contribution in [-0.2, 0) is 4.79 Å². The molecule has 0 unspecified atom stereocenters. The van der Waals surface area contributed by atoms with Gasteiger partial charge in [0.05, 0.1) is 6.04 Å². The van der Waals surface area contributed by atoms with E-state index in [4.69, 9.17) is 5.73 Å². The molecular weight excluding hydrogens is 268 g/mol. The fraction of sp³-hybridized carbons (Fsp3) is 0.867. The summed E-state index contributed by atoms with van der Waals surface area (Å²) in [5, 5.41) is 2.91. The number of rotatable bonds is 6. The van der Waals surface area contributed by atoms with E-state index < -0.39 is 6.04 Å². The molecule has 1 heterocycles. The van der Waals surface area contributed by atoms with Crippen LogP contribution in [0.25, 0.3) is 0 Å². The molecule has 21 heavy (non-hydrogen) atoms. The third kappa shape index (κ3) is 5.19. The molecule has 1 aliphatic rings. The van der Waals surface area contributed by atoms with Gasteiger partial charge in [0.2, 0.25) is 5.91 Å². The lowest BCUT2D eigenvalue weighted by molar-refractivity contribution is -0.135. The molecule has 122 valence electrons. The summed E-state index contributed by atoms with van der Waals surface area (Å²) in [5.74, 6) is 0.197. The van der Waals surface area contributed by atoms with Crippen LogP contribution in [0.1, 0.15) is 40.0 Å². The van der Waals surface area contributed by atoms with Gasteiger partial charge in [-0.15, -0.1) is 0 Å². The molecule has 1 saturated heterocycles. The first-order valence-electron chi connectivity index (χ1n) is 8.08. The van der Waals surface area contributed by atoms with Crippen molar-refractivity contribution in [1.29, 1.82) is 0 Å². The number of urea groups is 1. The zero-order valence-electron chi connectivity index (χ0n) is 13.6. The zero-order chi connectivity index (χ0) is 15.8. The summed E-state index contributed by atoms with van der Waals surface area (Å²) in [7, 11) is 0. The molecule has 3 amide bonds. The number of nitrogens with one attached hydrogen (secondary N) is 1. The molecule has 0 spiro atoms. The number of carbonyl (C=O) groups is 2. The smallest absolute Gasteiger partial charge is 0.317 e. The maximum atomic E-state index is 12.3. The SMILES string of the molecule is CCCCNC(=O)N1CCN(C(=O)[C@H](N)[C@H](C)CC)CC1. The largest absolute Gasteiger partial charge is 0.338 e. The fourth-order valence-corrected chi connectivity index (χ4v) is 2.32. The van der Waals surface area contributed by atoms with Crippen molar-refractivity contribution in [3.8, 4) is 0 Å². The summed E-state index contributed by atoms with van der Waals surface area (Å²) in [6.45, 7) is 9.16. The Hall–Kier alpha value is -1.30. The van der Waals surface area contributed by atoms with Crippen LogP contribution in [0.3, 0.4) is 0 Å². The monoisotopic (exact) mass is 298 g/mol. The van der Waals surface area contributed by atoms with Gasteiger partial charge in [-0.05, 0) is 12.3 Å². The summed E-state index contributed by atoms with van der Waals surface area (Å²) in [4.78, 5) is 27.7. The van der Waals surface area contributed by atoms with Crippen LogP contribution in [0, 0.1) is 5.92 Å². The predicted molar refractivity (Wildman–Crippen MR) is 83.9 cm³/mol. The van der Waals surface area contributed by atoms with Gasteiger partial charge in [0, 0.05) is 32.7 Å². The van der Waals surface area contributed by atoms with Crippen LogP contribution >= 0.6 is 0 Å². The Balaban J connectivity index is 2.37. The summed E-state index contributed by atoms with van der Waals surface area (Å²) >= 11 is 0. The number of hydrogen-bond acceptors (Lipinski definition) is 3. The molecule has 0 saturated carbocycles. The second kappa shape index (κ2) is 8.87. The predicted octanol–water partition coefficient (Wildman–Crippen LogP) is 1.01. The summed E-state index contributed by atoms with van der Waals surface area (Å²) in [5.41, 5.74) is 5.99. The van der Waals surface area contributed by atoms with E-state index in [-0.39, 0.29) is 17.9 Å². The molecule has 0 aliphatic carbocycles. The van der Waals surface area contributed by atoms with Crippen molar-refractivity contribution in [3.63, 3.8) is 0 Å². The summed E-state index contributed by atoms with van der Waals surface area (Å²) < 4.78 is 0. The van der Waals surface area contributed by atoms with Gasteiger partial charge in [-0.3, -0.25) is 4.79 Å². The molecule has 0 bridgehead atoms. The lowest BCUT2D eigenvalue weighted by atomic mass is 9.98. The van der Waals surface area contributed by atoms with Crippen LogP contribution in [-0.4, -0.2) is 60.5 Å². The minimum Gasteiger partial charge on any atom is -0.338 e. The minimum absolute atomic E-state index is 0.00962. The van der Waals surface area contributed by atoms with E-state index in [1.54, 1.807) is 9.80 Å². The number of piperazine rings is 1. The Morgan fingerprint density at radius 3 is 2.24 bits per heavy atom. The highest BCUT2D eigenvalue weighted by Crippen LogP contribution is 2.11. The van der Waals surface area contributed by atoms with E-state index in [1.807, 2.05) is 13.8 Å². The van der Waals surface area contributed by atoms with Crippen molar-refractivity contribution in [2.75, 3.05) is 32.7 Å². The van der Waals surface area contributed by atoms with Gasteiger partial charge in [0.15, 0.2) is 0 Å². The van der Waals surface area contributed by atoms with E-state index in [0.29, 0.717) is 32.7 Å². The van der Waals surface area contributed by atoms with Crippen molar-refractivity contribution in [3.05, 3.63) is 0 Å². The third-order valence-electron chi connectivity index (χ3n) is 4.23.